The van der Waals surface area contributed by atoms with Gasteiger partial charge in [0, 0.05) is 6.42 Å². The molecule has 0 heterocycles. The molecule has 0 aromatic rings. The third-order valence-corrected chi connectivity index (χ3v) is 1.87. The first-order valence-corrected chi connectivity index (χ1v) is 5.13. The summed E-state index contributed by atoms with van der Waals surface area (Å²) >= 11 is 0. The van der Waals surface area contributed by atoms with Gasteiger partial charge in [0.15, 0.2) is 0 Å². The van der Waals surface area contributed by atoms with Crippen molar-refractivity contribution in [1.29, 1.82) is 0 Å². The minimum atomic E-state index is 1.00. The zero-order valence-corrected chi connectivity index (χ0v) is 8.47. The molecule has 0 aliphatic heterocycles. The SMILES string of the molecule is [CH]1/C=C/C=C\C/C=C\C=C\CC/C=C/1. The van der Waals surface area contributed by atoms with E-state index < -0.39 is 0 Å². The molecule has 0 aromatic heterocycles. The standard InChI is InChI=1S/C14H17/c1-2-4-6-8-10-12-14-13-11-9-7-5-3-1/h1-7,10,12-14H,8-9,11H2/b2-1+,6-4-,7-5+,12-10-,14-13+. The Morgan fingerprint density at radius 1 is 0.500 bits per heavy atom. The van der Waals surface area contributed by atoms with E-state index in [9.17, 15) is 0 Å². The van der Waals surface area contributed by atoms with E-state index in [1.165, 1.54) is 0 Å². The zero-order valence-electron chi connectivity index (χ0n) is 8.47. The van der Waals surface area contributed by atoms with Crippen LogP contribution < -0.4 is 0 Å². The molecule has 0 atom stereocenters. The van der Waals surface area contributed by atoms with Crippen LogP contribution in [-0.2, 0) is 0 Å². The zero-order chi connectivity index (χ0) is 9.90. The van der Waals surface area contributed by atoms with Gasteiger partial charge in [-0.1, -0.05) is 60.8 Å². The molecule has 0 saturated carbocycles. The molecule has 0 fully saturated rings. The Morgan fingerprint density at radius 3 is 2.00 bits per heavy atom. The first kappa shape index (κ1) is 10.8. The highest BCUT2D eigenvalue weighted by molar-refractivity contribution is 5.15. The van der Waals surface area contributed by atoms with Gasteiger partial charge in [0.1, 0.15) is 0 Å². The maximum Gasteiger partial charge on any atom is 0.00473 e. The lowest BCUT2D eigenvalue weighted by Gasteiger charge is -1.86. The summed E-state index contributed by atoms with van der Waals surface area (Å²) < 4.78 is 0. The fraction of sp³-hybridized carbons (Fsp3) is 0.214. The van der Waals surface area contributed by atoms with E-state index in [2.05, 4.69) is 67.2 Å². The van der Waals surface area contributed by atoms with Crippen molar-refractivity contribution in [2.45, 2.75) is 19.3 Å². The minimum absolute atomic E-state index is 1.00. The largest absolute Gasteiger partial charge is 0.0876 e. The number of hydrogen-bond donors (Lipinski definition) is 0. The molecule has 1 aliphatic rings. The van der Waals surface area contributed by atoms with Crippen molar-refractivity contribution in [3.63, 3.8) is 0 Å². The molecule has 0 nitrogen and oxygen atoms in total. The van der Waals surface area contributed by atoms with Crippen LogP contribution in [0.25, 0.3) is 0 Å². The third kappa shape index (κ3) is 6.24. The van der Waals surface area contributed by atoms with E-state index in [4.69, 9.17) is 0 Å². The second-order valence-corrected chi connectivity index (χ2v) is 3.10. The fourth-order valence-corrected chi connectivity index (χ4v) is 1.13. The van der Waals surface area contributed by atoms with E-state index in [0.29, 0.717) is 0 Å². The molecule has 73 valence electrons. The minimum Gasteiger partial charge on any atom is -0.0876 e. The molecule has 1 radical (unpaired) electrons. The molecule has 0 heteroatoms. The van der Waals surface area contributed by atoms with Crippen molar-refractivity contribution < 1.29 is 0 Å². The van der Waals surface area contributed by atoms with Crippen LogP contribution in [0.1, 0.15) is 19.3 Å². The maximum atomic E-state index is 2.20. The van der Waals surface area contributed by atoms with Crippen LogP contribution in [0.5, 0.6) is 0 Å². The molecule has 0 amide bonds. The van der Waals surface area contributed by atoms with Crippen LogP contribution in [0.3, 0.4) is 0 Å². The molecule has 14 heavy (non-hydrogen) atoms. The van der Waals surface area contributed by atoms with Gasteiger partial charge in [0.05, 0.1) is 0 Å². The quantitative estimate of drug-likeness (QED) is 0.531. The highest BCUT2D eigenvalue weighted by Crippen LogP contribution is 1.97. The monoisotopic (exact) mass is 185 g/mol. The van der Waals surface area contributed by atoms with E-state index in [0.717, 1.165) is 19.3 Å². The molecule has 1 aliphatic carbocycles. The highest BCUT2D eigenvalue weighted by atomic mass is 13.8. The second kappa shape index (κ2) is 8.31. The van der Waals surface area contributed by atoms with Crippen LogP contribution in [0.15, 0.2) is 60.8 Å². The van der Waals surface area contributed by atoms with Gasteiger partial charge >= 0.3 is 0 Å². The first-order chi connectivity index (χ1) is 7.00. The summed E-state index contributed by atoms with van der Waals surface area (Å²) in [7, 11) is 0. The average molecular weight is 185 g/mol. The third-order valence-electron chi connectivity index (χ3n) is 1.87. The highest BCUT2D eigenvalue weighted by Gasteiger charge is 1.77. The van der Waals surface area contributed by atoms with Gasteiger partial charge < -0.3 is 0 Å². The van der Waals surface area contributed by atoms with Crippen molar-refractivity contribution in [2.75, 3.05) is 0 Å². The van der Waals surface area contributed by atoms with Crippen molar-refractivity contribution in [2.24, 2.45) is 0 Å². The number of rotatable bonds is 0. The van der Waals surface area contributed by atoms with Crippen molar-refractivity contribution in [1.82, 2.24) is 0 Å². The Labute approximate surface area is 87.0 Å². The molecule has 0 spiro atoms. The smallest absolute Gasteiger partial charge is 0.00473 e. The molecule has 1 rings (SSSR count). The van der Waals surface area contributed by atoms with Crippen LogP contribution in [-0.4, -0.2) is 0 Å². The Balaban J connectivity index is 2.45. The summed E-state index contributed by atoms with van der Waals surface area (Å²) in [5.41, 5.74) is 0. The Kier molecular flexibility index (Phi) is 6.39. The summed E-state index contributed by atoms with van der Waals surface area (Å²) in [6.07, 6.45) is 26.5. The lowest BCUT2D eigenvalue weighted by molar-refractivity contribution is 1.05. The summed E-state index contributed by atoms with van der Waals surface area (Å²) in [4.78, 5) is 0. The van der Waals surface area contributed by atoms with Crippen molar-refractivity contribution in [3.8, 4) is 0 Å². The van der Waals surface area contributed by atoms with Crippen molar-refractivity contribution >= 4 is 0 Å². The summed E-state index contributed by atoms with van der Waals surface area (Å²) in [6.45, 7) is 0. The molecule has 0 N–H and O–H groups in total. The normalized spacial score (nSPS) is 29.7. The molecule has 0 unspecified atom stereocenters. The second-order valence-electron chi connectivity index (χ2n) is 3.10. The van der Waals surface area contributed by atoms with Crippen LogP contribution >= 0.6 is 0 Å². The Morgan fingerprint density at radius 2 is 1.14 bits per heavy atom. The first-order valence-electron chi connectivity index (χ1n) is 5.13. The van der Waals surface area contributed by atoms with Gasteiger partial charge in [-0.25, -0.2) is 0 Å². The predicted octanol–water partition coefficient (Wildman–Crippen LogP) is 4.16. The van der Waals surface area contributed by atoms with Gasteiger partial charge in [0.25, 0.3) is 0 Å². The van der Waals surface area contributed by atoms with Gasteiger partial charge in [-0.3, -0.25) is 0 Å². The number of allylic oxidation sites excluding steroid dienone is 10. The molecule has 0 bridgehead atoms. The Bertz CT molecular complexity index is 262. The summed E-state index contributed by atoms with van der Waals surface area (Å²) in [5.74, 6) is 0. The van der Waals surface area contributed by atoms with Gasteiger partial charge in [-0.2, -0.15) is 0 Å². The van der Waals surface area contributed by atoms with E-state index >= 15 is 0 Å². The topological polar surface area (TPSA) is 0 Å². The lowest BCUT2D eigenvalue weighted by Crippen LogP contribution is -1.67. The fourth-order valence-electron chi connectivity index (χ4n) is 1.13. The molecular formula is C14H17. The Hall–Kier alpha value is -1.30. The van der Waals surface area contributed by atoms with Crippen LogP contribution in [0, 0.1) is 6.42 Å². The molecular weight excluding hydrogens is 168 g/mol. The van der Waals surface area contributed by atoms with E-state index in [-0.39, 0.29) is 0 Å². The predicted molar refractivity (Wildman–Crippen MR) is 63.9 cm³/mol. The van der Waals surface area contributed by atoms with E-state index in [1.54, 1.807) is 0 Å². The summed E-state index contributed by atoms with van der Waals surface area (Å²) in [5, 5.41) is 0. The molecule has 0 aromatic carbocycles. The van der Waals surface area contributed by atoms with Crippen molar-refractivity contribution in [3.05, 3.63) is 67.2 Å². The van der Waals surface area contributed by atoms with Crippen LogP contribution in [0.2, 0.25) is 0 Å². The average Bonchev–Trinajstić information content (AvgIpc) is 2.22. The van der Waals surface area contributed by atoms with Crippen LogP contribution in [0.4, 0.5) is 0 Å². The molecule has 0 saturated heterocycles. The van der Waals surface area contributed by atoms with Gasteiger partial charge in [-0.15, -0.1) is 0 Å². The van der Waals surface area contributed by atoms with Gasteiger partial charge in [0.2, 0.25) is 0 Å². The van der Waals surface area contributed by atoms with Gasteiger partial charge in [-0.05, 0) is 19.3 Å². The number of hydrogen-bond acceptors (Lipinski definition) is 0. The summed E-state index contributed by atoms with van der Waals surface area (Å²) in [6, 6.07) is 0. The maximum absolute atomic E-state index is 2.20. The lowest BCUT2D eigenvalue weighted by atomic mass is 10.2. The van der Waals surface area contributed by atoms with E-state index in [1.807, 2.05) is 0 Å².